The van der Waals surface area contributed by atoms with Gasteiger partial charge in [-0.1, -0.05) is 12.8 Å². The molecular formula is C14H23N3O2. The van der Waals surface area contributed by atoms with Crippen LogP contribution in [-0.4, -0.2) is 39.7 Å². The van der Waals surface area contributed by atoms with Crippen molar-refractivity contribution in [2.24, 2.45) is 0 Å². The molecule has 1 amide bonds. The lowest BCUT2D eigenvalue weighted by atomic mass is 10.0. The minimum atomic E-state index is -0.709. The number of nitrogens with two attached hydrogens (primary N) is 1. The number of aryl methyl sites for hydroxylation is 1. The molecule has 5 nitrogen and oxygen atoms in total. The van der Waals surface area contributed by atoms with Crippen LogP contribution in [0.4, 0.5) is 5.69 Å². The molecule has 0 atom stereocenters. The summed E-state index contributed by atoms with van der Waals surface area (Å²) in [6.07, 6.45) is 5.40. The van der Waals surface area contributed by atoms with E-state index in [9.17, 15) is 9.90 Å². The van der Waals surface area contributed by atoms with Gasteiger partial charge in [-0.05, 0) is 25.8 Å². The summed E-state index contributed by atoms with van der Waals surface area (Å²) in [5.41, 5.74) is 6.22. The molecule has 0 aromatic carbocycles. The van der Waals surface area contributed by atoms with Crippen LogP contribution in [0, 0.1) is 0 Å². The second-order valence-corrected chi connectivity index (χ2v) is 5.54. The maximum atomic E-state index is 12.4. The molecule has 0 radical (unpaired) electrons. The zero-order valence-corrected chi connectivity index (χ0v) is 11.7. The quantitative estimate of drug-likeness (QED) is 0.866. The molecule has 5 heteroatoms. The smallest absolute Gasteiger partial charge is 0.270 e. The molecule has 1 aliphatic rings. The molecule has 1 fully saturated rings. The molecule has 19 heavy (non-hydrogen) atoms. The Morgan fingerprint density at radius 3 is 2.74 bits per heavy atom. The lowest BCUT2D eigenvalue weighted by molar-refractivity contribution is 0.0153. The second kappa shape index (κ2) is 5.25. The lowest BCUT2D eigenvalue weighted by Crippen LogP contribution is -2.42. The van der Waals surface area contributed by atoms with Crippen molar-refractivity contribution < 1.29 is 9.90 Å². The molecule has 0 spiro atoms. The Morgan fingerprint density at radius 2 is 2.16 bits per heavy atom. The minimum absolute atomic E-state index is 0.0844. The Labute approximate surface area is 114 Å². The molecule has 3 N–H and O–H groups in total. The Hall–Kier alpha value is -1.49. The van der Waals surface area contributed by atoms with Gasteiger partial charge in [0.05, 0.1) is 11.3 Å². The van der Waals surface area contributed by atoms with Crippen molar-refractivity contribution in [2.75, 3.05) is 19.3 Å². The van der Waals surface area contributed by atoms with Gasteiger partial charge in [0.25, 0.3) is 5.91 Å². The second-order valence-electron chi connectivity index (χ2n) is 5.54. The van der Waals surface area contributed by atoms with Crippen LogP contribution < -0.4 is 5.73 Å². The van der Waals surface area contributed by atoms with E-state index in [4.69, 9.17) is 5.73 Å². The summed E-state index contributed by atoms with van der Waals surface area (Å²) < 4.78 is 1.84. The van der Waals surface area contributed by atoms with E-state index in [1.807, 2.05) is 11.5 Å². The van der Waals surface area contributed by atoms with Crippen LogP contribution in [0.1, 0.15) is 43.1 Å². The molecule has 0 unspecified atom stereocenters. The summed E-state index contributed by atoms with van der Waals surface area (Å²) in [7, 11) is 1.74. The molecule has 106 valence electrons. The van der Waals surface area contributed by atoms with Crippen molar-refractivity contribution in [3.63, 3.8) is 0 Å². The van der Waals surface area contributed by atoms with Crippen LogP contribution in [0.5, 0.6) is 0 Å². The first-order valence-corrected chi connectivity index (χ1v) is 6.89. The van der Waals surface area contributed by atoms with Gasteiger partial charge in [-0.25, -0.2) is 0 Å². The number of amides is 1. The van der Waals surface area contributed by atoms with Crippen LogP contribution in [0.25, 0.3) is 0 Å². The van der Waals surface area contributed by atoms with E-state index in [1.54, 1.807) is 24.2 Å². The van der Waals surface area contributed by atoms with E-state index >= 15 is 0 Å². The molecule has 2 rings (SSSR count). The summed E-state index contributed by atoms with van der Waals surface area (Å²) >= 11 is 0. The number of carbonyl (C=O) groups excluding carboxylic acids is 1. The van der Waals surface area contributed by atoms with Gasteiger partial charge in [-0.15, -0.1) is 0 Å². The van der Waals surface area contributed by atoms with Crippen molar-refractivity contribution in [3.8, 4) is 0 Å². The van der Waals surface area contributed by atoms with Gasteiger partial charge < -0.3 is 20.3 Å². The fraction of sp³-hybridized carbons (Fsp3) is 0.643. The van der Waals surface area contributed by atoms with Crippen molar-refractivity contribution in [1.82, 2.24) is 9.47 Å². The Bertz CT molecular complexity index is 461. The zero-order chi connectivity index (χ0) is 14.0. The number of aliphatic hydroxyl groups is 1. The maximum absolute atomic E-state index is 12.4. The molecule has 0 aliphatic heterocycles. The number of nitrogens with zero attached hydrogens (tertiary/aromatic N) is 2. The van der Waals surface area contributed by atoms with Gasteiger partial charge in [0.2, 0.25) is 0 Å². The van der Waals surface area contributed by atoms with Gasteiger partial charge in [-0.2, -0.15) is 0 Å². The molecule has 0 bridgehead atoms. The number of carbonyl (C=O) groups is 1. The number of hydrogen-bond donors (Lipinski definition) is 2. The van der Waals surface area contributed by atoms with Gasteiger partial charge in [0, 0.05) is 26.3 Å². The van der Waals surface area contributed by atoms with Gasteiger partial charge >= 0.3 is 0 Å². The maximum Gasteiger partial charge on any atom is 0.270 e. The van der Waals surface area contributed by atoms with Crippen LogP contribution in [-0.2, 0) is 6.54 Å². The average Bonchev–Trinajstić information content (AvgIpc) is 2.94. The highest BCUT2D eigenvalue weighted by molar-refractivity contribution is 5.93. The van der Waals surface area contributed by atoms with Crippen molar-refractivity contribution in [3.05, 3.63) is 18.0 Å². The first kappa shape index (κ1) is 13.9. The normalized spacial score (nSPS) is 17.6. The third-order valence-electron chi connectivity index (χ3n) is 3.89. The van der Waals surface area contributed by atoms with Gasteiger partial charge in [0.1, 0.15) is 5.69 Å². The van der Waals surface area contributed by atoms with Crippen LogP contribution in [0.15, 0.2) is 12.3 Å². The first-order chi connectivity index (χ1) is 8.95. The fourth-order valence-corrected chi connectivity index (χ4v) is 2.87. The minimum Gasteiger partial charge on any atom is -0.397 e. The number of hydrogen-bond acceptors (Lipinski definition) is 3. The third-order valence-corrected chi connectivity index (χ3v) is 3.89. The highest BCUT2D eigenvalue weighted by Gasteiger charge is 2.34. The molecule has 1 aromatic rings. The van der Waals surface area contributed by atoms with Crippen molar-refractivity contribution >= 4 is 11.6 Å². The highest BCUT2D eigenvalue weighted by Crippen LogP contribution is 2.30. The summed E-state index contributed by atoms with van der Waals surface area (Å²) in [5.74, 6) is -0.0844. The standard InChI is InChI=1S/C14H23N3O2/c1-3-17-9-11(15)8-12(17)13(18)16(2)10-14(19)6-4-5-7-14/h8-9,19H,3-7,10,15H2,1-2H3. The van der Waals surface area contributed by atoms with E-state index in [0.29, 0.717) is 24.5 Å². The Morgan fingerprint density at radius 1 is 1.53 bits per heavy atom. The molecular weight excluding hydrogens is 242 g/mol. The topological polar surface area (TPSA) is 71.5 Å². The average molecular weight is 265 g/mol. The highest BCUT2D eigenvalue weighted by atomic mass is 16.3. The van der Waals surface area contributed by atoms with Crippen LogP contribution in [0.2, 0.25) is 0 Å². The Kier molecular flexibility index (Phi) is 3.85. The van der Waals surface area contributed by atoms with Crippen LogP contribution in [0.3, 0.4) is 0 Å². The number of nitrogen functional groups attached to an aromatic ring is 1. The fourth-order valence-electron chi connectivity index (χ4n) is 2.87. The van der Waals surface area contributed by atoms with E-state index in [2.05, 4.69) is 0 Å². The predicted octanol–water partition coefficient (Wildman–Crippen LogP) is 1.47. The van der Waals surface area contributed by atoms with Gasteiger partial charge in [0.15, 0.2) is 0 Å². The number of rotatable bonds is 4. The monoisotopic (exact) mass is 265 g/mol. The van der Waals surface area contributed by atoms with E-state index < -0.39 is 5.60 Å². The first-order valence-electron chi connectivity index (χ1n) is 6.89. The third kappa shape index (κ3) is 2.92. The summed E-state index contributed by atoms with van der Waals surface area (Å²) in [6.45, 7) is 3.07. The Balaban J connectivity index is 2.10. The van der Waals surface area contributed by atoms with Crippen LogP contribution >= 0.6 is 0 Å². The van der Waals surface area contributed by atoms with E-state index in [0.717, 1.165) is 25.7 Å². The molecule has 1 heterocycles. The molecule has 1 aliphatic carbocycles. The SMILES string of the molecule is CCn1cc(N)cc1C(=O)N(C)CC1(O)CCCC1. The van der Waals surface area contributed by atoms with Crippen molar-refractivity contribution in [1.29, 1.82) is 0 Å². The largest absolute Gasteiger partial charge is 0.397 e. The lowest BCUT2D eigenvalue weighted by Gasteiger charge is -2.28. The molecule has 1 aromatic heterocycles. The number of anilines is 1. The summed E-state index contributed by atoms with van der Waals surface area (Å²) in [5, 5.41) is 10.4. The number of aromatic nitrogens is 1. The number of likely N-dealkylation sites (N-methyl/N-ethyl adjacent to an activating group) is 1. The molecule has 1 saturated carbocycles. The van der Waals surface area contributed by atoms with E-state index in [1.165, 1.54) is 0 Å². The van der Waals surface area contributed by atoms with E-state index in [-0.39, 0.29) is 5.91 Å². The van der Waals surface area contributed by atoms with Crippen molar-refractivity contribution in [2.45, 2.75) is 44.8 Å². The summed E-state index contributed by atoms with van der Waals surface area (Å²) in [6, 6.07) is 1.70. The summed E-state index contributed by atoms with van der Waals surface area (Å²) in [4.78, 5) is 14.0. The molecule has 0 saturated heterocycles. The van der Waals surface area contributed by atoms with Gasteiger partial charge in [-0.3, -0.25) is 4.79 Å². The zero-order valence-electron chi connectivity index (χ0n) is 11.7. The predicted molar refractivity (Wildman–Crippen MR) is 74.9 cm³/mol.